The molecule has 0 radical (unpaired) electrons. The van der Waals surface area contributed by atoms with Crippen molar-refractivity contribution in [3.63, 3.8) is 0 Å². The first-order valence-electron chi connectivity index (χ1n) is 19.1. The van der Waals surface area contributed by atoms with Crippen molar-refractivity contribution in [3.8, 4) is 34.2 Å². The van der Waals surface area contributed by atoms with Crippen molar-refractivity contribution >= 4 is 82.7 Å². The van der Waals surface area contributed by atoms with E-state index in [-0.39, 0.29) is 0 Å². The van der Waals surface area contributed by atoms with Gasteiger partial charge >= 0.3 is 0 Å². The third kappa shape index (κ3) is 5.33. The zero-order valence-electron chi connectivity index (χ0n) is 30.8. The number of furan rings is 1. The smallest absolute Gasteiger partial charge is 0.227 e. The van der Waals surface area contributed by atoms with Gasteiger partial charge in [-0.15, -0.1) is 0 Å². The summed E-state index contributed by atoms with van der Waals surface area (Å²) in [6.07, 6.45) is 1.82. The second-order valence-electron chi connectivity index (χ2n) is 14.5. The van der Waals surface area contributed by atoms with Crippen molar-refractivity contribution in [1.82, 2.24) is 15.0 Å². The van der Waals surface area contributed by atoms with Crippen LogP contribution < -0.4 is 4.90 Å². The Kier molecular flexibility index (Phi) is 7.09. The van der Waals surface area contributed by atoms with Gasteiger partial charge in [0.05, 0.1) is 11.1 Å². The largest absolute Gasteiger partial charge is 0.456 e. The number of benzene rings is 8. The van der Waals surface area contributed by atoms with Crippen LogP contribution in [0.5, 0.6) is 0 Å². The van der Waals surface area contributed by atoms with Crippen LogP contribution in [0.2, 0.25) is 0 Å². The summed E-state index contributed by atoms with van der Waals surface area (Å²) < 4.78 is 18.4. The molecule has 0 bridgehead atoms. The molecule has 12 rings (SSSR count). The average molecular weight is 747 g/mol. The fourth-order valence-electron chi connectivity index (χ4n) is 8.11. The number of hydrogen-bond donors (Lipinski definition) is 0. The number of pyridine rings is 1. The molecule has 7 heteroatoms. The number of fused-ring (bicyclic) bond motifs is 7. The fraction of sp³-hybridized carbons (Fsp3) is 0. The number of hydrogen-bond acceptors (Lipinski definition) is 7. The van der Waals surface area contributed by atoms with E-state index in [0.29, 0.717) is 11.8 Å². The molecule has 272 valence electrons. The van der Waals surface area contributed by atoms with E-state index in [1.54, 1.807) is 0 Å². The van der Waals surface area contributed by atoms with Crippen molar-refractivity contribution in [3.05, 3.63) is 182 Å². The van der Waals surface area contributed by atoms with Gasteiger partial charge in [-0.3, -0.25) is 4.98 Å². The van der Waals surface area contributed by atoms with Crippen LogP contribution in [0.1, 0.15) is 0 Å². The second-order valence-corrected chi connectivity index (χ2v) is 14.5. The molecule has 4 aromatic heterocycles. The number of anilines is 3. The number of oxazole rings is 2. The minimum atomic E-state index is 0.609. The molecule has 0 atom stereocenters. The maximum atomic E-state index is 6.19. The summed E-state index contributed by atoms with van der Waals surface area (Å²) in [5, 5.41) is 6.46. The highest BCUT2D eigenvalue weighted by molar-refractivity contribution is 6.11. The van der Waals surface area contributed by atoms with Crippen molar-refractivity contribution < 1.29 is 13.3 Å². The maximum Gasteiger partial charge on any atom is 0.227 e. The SMILES string of the molecule is c1ccc2oc(-c3ccc4cc(N(c5ccc(-c6nccc7oc8ccccc8c67)cc5)c5ccc6cc(-c7nc8ccccc8o7)ccc6c5)ccc4c3)nc2c1. The molecule has 0 amide bonds. The van der Waals surface area contributed by atoms with E-state index in [1.807, 2.05) is 79.0 Å². The highest BCUT2D eigenvalue weighted by Crippen LogP contribution is 2.41. The summed E-state index contributed by atoms with van der Waals surface area (Å²) in [5.41, 5.74) is 11.8. The van der Waals surface area contributed by atoms with Gasteiger partial charge in [0.25, 0.3) is 0 Å². The molecular weight excluding hydrogens is 717 g/mol. The molecule has 0 spiro atoms. The summed E-state index contributed by atoms with van der Waals surface area (Å²) in [6.45, 7) is 0. The van der Waals surface area contributed by atoms with Crippen molar-refractivity contribution in [2.45, 2.75) is 0 Å². The Bertz CT molecular complexity index is 3320. The molecule has 8 aromatic carbocycles. The van der Waals surface area contributed by atoms with Crippen LogP contribution in [0.15, 0.2) is 195 Å². The van der Waals surface area contributed by atoms with E-state index < -0.39 is 0 Å². The van der Waals surface area contributed by atoms with Gasteiger partial charge in [0.1, 0.15) is 22.2 Å². The van der Waals surface area contributed by atoms with E-state index in [1.165, 1.54) is 0 Å². The molecule has 12 aromatic rings. The Morgan fingerprint density at radius 1 is 0.379 bits per heavy atom. The maximum absolute atomic E-state index is 6.19. The standard InChI is InChI=1S/C51H30N4O3/c1-4-10-44-41(7-1)48-47(56-44)25-26-52-49(48)31-17-21-38(22-18-31)55(39-23-19-32-27-36(15-13-34(32)29-39)50-53-42-8-2-5-11-45(42)57-50)40-24-20-33-28-37(16-14-35(33)30-40)51-54-43-9-3-6-12-46(43)58-51/h1-30H. The summed E-state index contributed by atoms with van der Waals surface area (Å²) in [5.74, 6) is 1.22. The van der Waals surface area contributed by atoms with Gasteiger partial charge in [-0.2, -0.15) is 0 Å². The summed E-state index contributed by atoms with van der Waals surface area (Å²) in [7, 11) is 0. The lowest BCUT2D eigenvalue weighted by atomic mass is 10.0. The molecule has 0 aliphatic rings. The normalized spacial score (nSPS) is 11.8. The van der Waals surface area contributed by atoms with Crippen molar-refractivity contribution in [2.24, 2.45) is 0 Å². The molecule has 7 nitrogen and oxygen atoms in total. The number of aromatic nitrogens is 3. The van der Waals surface area contributed by atoms with Crippen LogP contribution in [-0.4, -0.2) is 15.0 Å². The Balaban J connectivity index is 0.960. The van der Waals surface area contributed by atoms with Crippen LogP contribution in [0.4, 0.5) is 17.1 Å². The zero-order valence-corrected chi connectivity index (χ0v) is 30.8. The lowest BCUT2D eigenvalue weighted by Gasteiger charge is -2.26. The van der Waals surface area contributed by atoms with Gasteiger partial charge in [-0.25, -0.2) is 9.97 Å². The number of nitrogens with zero attached hydrogens (tertiary/aromatic N) is 4. The number of para-hydroxylation sites is 5. The minimum absolute atomic E-state index is 0.609. The molecule has 0 fully saturated rings. The predicted octanol–water partition coefficient (Wildman–Crippen LogP) is 14.0. The van der Waals surface area contributed by atoms with E-state index in [4.69, 9.17) is 28.2 Å². The molecule has 0 saturated heterocycles. The molecule has 0 unspecified atom stereocenters. The minimum Gasteiger partial charge on any atom is -0.456 e. The molecule has 0 aliphatic carbocycles. The van der Waals surface area contributed by atoms with Crippen molar-refractivity contribution in [2.75, 3.05) is 4.90 Å². The van der Waals surface area contributed by atoms with Crippen LogP contribution >= 0.6 is 0 Å². The Labute approximate surface area is 331 Å². The first-order chi connectivity index (χ1) is 28.7. The van der Waals surface area contributed by atoms with Gasteiger partial charge in [0.15, 0.2) is 11.2 Å². The third-order valence-electron chi connectivity index (χ3n) is 10.9. The Morgan fingerprint density at radius 2 is 0.879 bits per heavy atom. The van der Waals surface area contributed by atoms with E-state index in [9.17, 15) is 0 Å². The molecule has 0 aliphatic heterocycles. The summed E-state index contributed by atoms with van der Waals surface area (Å²) >= 11 is 0. The van der Waals surface area contributed by atoms with Crippen LogP contribution in [-0.2, 0) is 0 Å². The Morgan fingerprint density at radius 3 is 1.48 bits per heavy atom. The van der Waals surface area contributed by atoms with Crippen LogP contribution in [0.3, 0.4) is 0 Å². The van der Waals surface area contributed by atoms with Gasteiger partial charge in [-0.1, -0.05) is 78.9 Å². The molecule has 0 N–H and O–H groups in total. The lowest BCUT2D eigenvalue weighted by molar-refractivity contribution is 0.619. The van der Waals surface area contributed by atoms with Crippen molar-refractivity contribution in [1.29, 1.82) is 0 Å². The molecule has 0 saturated carbocycles. The van der Waals surface area contributed by atoms with Crippen LogP contribution in [0.25, 0.3) is 99.8 Å². The summed E-state index contributed by atoms with van der Waals surface area (Å²) in [6, 6.07) is 60.2. The molecule has 4 heterocycles. The first-order valence-corrected chi connectivity index (χ1v) is 19.1. The van der Waals surface area contributed by atoms with E-state index >= 15 is 0 Å². The van der Waals surface area contributed by atoms with Gasteiger partial charge < -0.3 is 18.2 Å². The number of rotatable bonds is 6. The quantitative estimate of drug-likeness (QED) is 0.168. The zero-order chi connectivity index (χ0) is 38.2. The highest BCUT2D eigenvalue weighted by Gasteiger charge is 2.18. The first kappa shape index (κ1) is 32.2. The topological polar surface area (TPSA) is 81.3 Å². The fourth-order valence-corrected chi connectivity index (χ4v) is 8.11. The second kappa shape index (κ2) is 12.8. The van der Waals surface area contributed by atoms with Crippen LogP contribution in [0, 0.1) is 0 Å². The predicted molar refractivity (Wildman–Crippen MR) is 233 cm³/mol. The monoisotopic (exact) mass is 746 g/mol. The van der Waals surface area contributed by atoms with Gasteiger partial charge in [0, 0.05) is 45.3 Å². The third-order valence-corrected chi connectivity index (χ3v) is 10.9. The highest BCUT2D eigenvalue weighted by atomic mass is 16.4. The molecular formula is C51H30N4O3. The average Bonchev–Trinajstić information content (AvgIpc) is 4.02. The van der Waals surface area contributed by atoms with E-state index in [2.05, 4.69) is 108 Å². The lowest BCUT2D eigenvalue weighted by Crippen LogP contribution is -2.10. The van der Waals surface area contributed by atoms with E-state index in [0.717, 1.165) is 105 Å². The summed E-state index contributed by atoms with van der Waals surface area (Å²) in [4.78, 5) is 16.6. The molecule has 58 heavy (non-hydrogen) atoms. The van der Waals surface area contributed by atoms with Gasteiger partial charge in [-0.05, 0) is 119 Å². The van der Waals surface area contributed by atoms with Gasteiger partial charge in [0.2, 0.25) is 11.8 Å². The Hall–Kier alpha value is -8.03.